The molecule has 27 heavy (non-hydrogen) atoms. The number of urea groups is 1. The van der Waals surface area contributed by atoms with Gasteiger partial charge in [0.1, 0.15) is 5.76 Å². The van der Waals surface area contributed by atoms with E-state index in [1.807, 2.05) is 5.32 Å². The van der Waals surface area contributed by atoms with E-state index in [4.69, 9.17) is 9.15 Å². The molecule has 8 nitrogen and oxygen atoms in total. The van der Waals surface area contributed by atoms with Gasteiger partial charge in [-0.05, 0) is 32.9 Å². The van der Waals surface area contributed by atoms with E-state index in [9.17, 15) is 19.2 Å². The highest BCUT2D eigenvalue weighted by Crippen LogP contribution is 2.23. The van der Waals surface area contributed by atoms with Gasteiger partial charge in [-0.15, -0.1) is 0 Å². The highest BCUT2D eigenvalue weighted by Gasteiger charge is 2.16. The molecule has 3 amide bonds. The lowest BCUT2D eigenvalue weighted by Gasteiger charge is -2.09. The van der Waals surface area contributed by atoms with Crippen LogP contribution in [0.25, 0.3) is 11.3 Å². The third kappa shape index (κ3) is 5.81. The van der Waals surface area contributed by atoms with Gasteiger partial charge < -0.3 is 14.5 Å². The average Bonchev–Trinajstić information content (AvgIpc) is 3.09. The summed E-state index contributed by atoms with van der Waals surface area (Å²) in [4.78, 5) is 46.2. The van der Waals surface area contributed by atoms with Crippen LogP contribution in [-0.2, 0) is 9.53 Å². The van der Waals surface area contributed by atoms with Crippen molar-refractivity contribution in [3.63, 3.8) is 0 Å². The predicted molar refractivity (Wildman–Crippen MR) is 96.2 cm³/mol. The van der Waals surface area contributed by atoms with Crippen molar-refractivity contribution in [2.45, 2.75) is 26.8 Å². The Labute approximate surface area is 155 Å². The molecule has 2 N–H and O–H groups in total. The van der Waals surface area contributed by atoms with Gasteiger partial charge in [-0.1, -0.05) is 24.3 Å². The smallest absolute Gasteiger partial charge is 0.374 e. The number of imide groups is 1. The molecule has 0 aliphatic rings. The lowest BCUT2D eigenvalue weighted by Crippen LogP contribution is -2.44. The van der Waals surface area contributed by atoms with E-state index in [1.165, 1.54) is 13.0 Å². The van der Waals surface area contributed by atoms with E-state index >= 15 is 0 Å². The zero-order chi connectivity index (χ0) is 20.0. The Balaban J connectivity index is 1.91. The van der Waals surface area contributed by atoms with E-state index in [-0.39, 0.29) is 17.6 Å². The SMILES string of the molecule is CC(=O)c1ccc(-c2ccc(C(=O)OCC(=O)NC(=O)NC(C)C)o2)cc1. The molecule has 0 atom stereocenters. The molecule has 0 unspecified atom stereocenters. The number of benzene rings is 1. The molecule has 0 spiro atoms. The zero-order valence-electron chi connectivity index (χ0n) is 15.2. The summed E-state index contributed by atoms with van der Waals surface area (Å²) in [6.45, 7) is 4.34. The molecule has 0 aliphatic carbocycles. The highest BCUT2D eigenvalue weighted by atomic mass is 16.5. The van der Waals surface area contributed by atoms with Crippen LogP contribution in [0.1, 0.15) is 41.7 Å². The fourth-order valence-electron chi connectivity index (χ4n) is 2.14. The maximum Gasteiger partial charge on any atom is 0.374 e. The van der Waals surface area contributed by atoms with Gasteiger partial charge in [0.05, 0.1) is 0 Å². The molecule has 142 valence electrons. The van der Waals surface area contributed by atoms with Crippen LogP contribution in [0.4, 0.5) is 4.79 Å². The molecule has 0 radical (unpaired) electrons. The van der Waals surface area contributed by atoms with E-state index < -0.39 is 24.5 Å². The van der Waals surface area contributed by atoms with Crippen LogP contribution in [-0.4, -0.2) is 36.3 Å². The Kier molecular flexibility index (Phi) is 6.48. The third-order valence-corrected chi connectivity index (χ3v) is 3.39. The second kappa shape index (κ2) is 8.79. The quantitative estimate of drug-likeness (QED) is 0.595. The van der Waals surface area contributed by atoms with Crippen molar-refractivity contribution < 1.29 is 28.3 Å². The summed E-state index contributed by atoms with van der Waals surface area (Å²) in [5.41, 5.74) is 1.25. The minimum atomic E-state index is -0.832. The summed E-state index contributed by atoms with van der Waals surface area (Å²) in [5.74, 6) is -1.31. The number of ether oxygens (including phenoxy) is 1. The van der Waals surface area contributed by atoms with Crippen LogP contribution in [0.3, 0.4) is 0 Å². The Morgan fingerprint density at radius 3 is 2.30 bits per heavy atom. The van der Waals surface area contributed by atoms with Gasteiger partial charge in [0.2, 0.25) is 5.76 Å². The van der Waals surface area contributed by atoms with Crippen LogP contribution in [0.5, 0.6) is 0 Å². The highest BCUT2D eigenvalue weighted by molar-refractivity contribution is 5.96. The van der Waals surface area contributed by atoms with Crippen LogP contribution >= 0.6 is 0 Å². The van der Waals surface area contributed by atoms with Gasteiger partial charge in [-0.3, -0.25) is 14.9 Å². The van der Waals surface area contributed by atoms with E-state index in [1.54, 1.807) is 44.2 Å². The average molecular weight is 372 g/mol. The number of rotatable bonds is 6. The van der Waals surface area contributed by atoms with Crippen molar-refractivity contribution in [1.29, 1.82) is 0 Å². The summed E-state index contributed by atoms with van der Waals surface area (Å²) >= 11 is 0. The molecular formula is C19H20N2O6. The minimum Gasteiger partial charge on any atom is -0.450 e. The first-order valence-electron chi connectivity index (χ1n) is 8.25. The third-order valence-electron chi connectivity index (χ3n) is 3.39. The molecule has 2 aromatic rings. The zero-order valence-corrected chi connectivity index (χ0v) is 15.2. The maximum atomic E-state index is 12.0. The molecule has 0 aliphatic heterocycles. The molecule has 2 rings (SSSR count). The first-order chi connectivity index (χ1) is 12.8. The second-order valence-electron chi connectivity index (χ2n) is 6.05. The Bertz CT molecular complexity index is 851. The van der Waals surface area contributed by atoms with Crippen molar-refractivity contribution in [1.82, 2.24) is 10.6 Å². The molecule has 0 saturated carbocycles. The van der Waals surface area contributed by atoms with Crippen molar-refractivity contribution in [2.75, 3.05) is 6.61 Å². The summed E-state index contributed by atoms with van der Waals surface area (Å²) in [6.07, 6.45) is 0. The monoisotopic (exact) mass is 372 g/mol. The number of carbonyl (C=O) groups excluding carboxylic acids is 4. The second-order valence-corrected chi connectivity index (χ2v) is 6.05. The number of hydrogen-bond donors (Lipinski definition) is 2. The van der Waals surface area contributed by atoms with Crippen molar-refractivity contribution in [3.05, 3.63) is 47.7 Å². The Hall–Kier alpha value is -3.42. The fourth-order valence-corrected chi connectivity index (χ4v) is 2.14. The fraction of sp³-hybridized carbons (Fsp3) is 0.263. The number of nitrogens with one attached hydrogen (secondary N) is 2. The van der Waals surface area contributed by atoms with E-state index in [0.29, 0.717) is 16.9 Å². The van der Waals surface area contributed by atoms with Crippen molar-refractivity contribution in [3.8, 4) is 11.3 Å². The molecule has 0 saturated heterocycles. The lowest BCUT2D eigenvalue weighted by molar-refractivity contribution is -0.123. The molecule has 1 aromatic carbocycles. The number of furan rings is 1. The van der Waals surface area contributed by atoms with E-state index in [0.717, 1.165) is 0 Å². The molecule has 0 bridgehead atoms. The Morgan fingerprint density at radius 2 is 1.70 bits per heavy atom. The standard InChI is InChI=1S/C19H20N2O6/c1-11(2)20-19(25)21-17(23)10-26-18(24)16-9-8-15(27-16)14-6-4-13(5-7-14)12(3)22/h4-9,11H,10H2,1-3H3,(H2,20,21,23,25). The van der Waals surface area contributed by atoms with Crippen LogP contribution in [0.2, 0.25) is 0 Å². The van der Waals surface area contributed by atoms with Crippen molar-refractivity contribution >= 4 is 23.7 Å². The van der Waals surface area contributed by atoms with Gasteiger partial charge in [0.15, 0.2) is 12.4 Å². The number of Topliss-reactive ketones (excluding diaryl/α,β-unsaturated/α-hetero) is 1. The molecule has 1 heterocycles. The summed E-state index contributed by atoms with van der Waals surface area (Å²) < 4.78 is 10.3. The van der Waals surface area contributed by atoms with Crippen LogP contribution < -0.4 is 10.6 Å². The molecule has 8 heteroatoms. The van der Waals surface area contributed by atoms with Gasteiger partial charge in [0.25, 0.3) is 5.91 Å². The minimum absolute atomic E-state index is 0.0504. The number of carbonyl (C=O) groups is 4. The first-order valence-corrected chi connectivity index (χ1v) is 8.25. The lowest BCUT2D eigenvalue weighted by atomic mass is 10.1. The van der Waals surface area contributed by atoms with Crippen LogP contribution in [0.15, 0.2) is 40.8 Å². The van der Waals surface area contributed by atoms with Gasteiger partial charge in [-0.2, -0.15) is 0 Å². The summed E-state index contributed by atoms with van der Waals surface area (Å²) in [6, 6.07) is 8.91. The number of esters is 1. The van der Waals surface area contributed by atoms with Crippen molar-refractivity contribution in [2.24, 2.45) is 0 Å². The Morgan fingerprint density at radius 1 is 1.04 bits per heavy atom. The maximum absolute atomic E-state index is 12.0. The van der Waals surface area contributed by atoms with Gasteiger partial charge in [-0.25, -0.2) is 9.59 Å². The first kappa shape index (κ1) is 19.9. The van der Waals surface area contributed by atoms with E-state index in [2.05, 4.69) is 5.32 Å². The molecular weight excluding hydrogens is 352 g/mol. The summed E-state index contributed by atoms with van der Waals surface area (Å²) in [5, 5.41) is 4.51. The predicted octanol–water partition coefficient (Wildman–Crippen LogP) is 2.54. The van der Waals surface area contributed by atoms with Gasteiger partial charge >= 0.3 is 12.0 Å². The molecule has 0 fully saturated rings. The topological polar surface area (TPSA) is 115 Å². The van der Waals surface area contributed by atoms with Crippen LogP contribution in [0, 0.1) is 0 Å². The number of hydrogen-bond acceptors (Lipinski definition) is 6. The largest absolute Gasteiger partial charge is 0.450 e. The number of amides is 3. The molecule has 1 aromatic heterocycles. The normalized spacial score (nSPS) is 10.4. The van der Waals surface area contributed by atoms with Gasteiger partial charge in [0, 0.05) is 17.2 Å². The number of ketones is 1. The summed E-state index contributed by atoms with van der Waals surface area (Å²) in [7, 11) is 0.